The summed E-state index contributed by atoms with van der Waals surface area (Å²) >= 11 is 0. The molecule has 4 aliphatic rings. The summed E-state index contributed by atoms with van der Waals surface area (Å²) in [5.41, 5.74) is -2.70. The first-order valence-corrected chi connectivity index (χ1v) is 29.1. The van der Waals surface area contributed by atoms with Crippen molar-refractivity contribution in [2.45, 2.75) is 415 Å². The van der Waals surface area contributed by atoms with Crippen molar-refractivity contribution < 1.29 is 47.7 Å². The molecule has 4 fully saturated rings. The van der Waals surface area contributed by atoms with Crippen LogP contribution in [0.1, 0.15) is 387 Å². The zero-order valence-electron chi connectivity index (χ0n) is 51.3. The monoisotopic (exact) mass is 1180 g/mol. The lowest BCUT2D eigenvalue weighted by Crippen LogP contribution is -2.40. The van der Waals surface area contributed by atoms with Gasteiger partial charge in [-0.15, -0.1) is 0 Å². The van der Waals surface area contributed by atoms with Gasteiger partial charge in [-0.25, -0.2) is 0 Å². The molecular weight excluding hydrogens is 1020 g/mol. The summed E-state index contributed by atoms with van der Waals surface area (Å²) in [6.07, 6.45) is 26.5. The quantitative estimate of drug-likeness (QED) is 0.109. The van der Waals surface area contributed by atoms with E-state index >= 15 is 0 Å². The van der Waals surface area contributed by atoms with Crippen molar-refractivity contribution in [2.24, 2.45) is 27.1 Å². The number of carbonyl (C=O) groups is 5. The van der Waals surface area contributed by atoms with Crippen LogP contribution in [-0.2, 0) is 47.7 Å². The van der Waals surface area contributed by atoms with Crippen LogP contribution in [-0.4, -0.2) is 57.9 Å². The van der Waals surface area contributed by atoms with Gasteiger partial charge >= 0.3 is 29.8 Å². The molecule has 10 nitrogen and oxygen atoms in total. The van der Waals surface area contributed by atoms with Gasteiger partial charge in [0, 0.05) is 0 Å². The molecule has 0 atom stereocenters. The summed E-state index contributed by atoms with van der Waals surface area (Å²) in [4.78, 5) is 59.4. The van der Waals surface area contributed by atoms with Crippen molar-refractivity contribution in [3.8, 4) is 0 Å². The van der Waals surface area contributed by atoms with Crippen LogP contribution >= 0.6 is 0 Å². The molecule has 4 rings (SSSR count). The van der Waals surface area contributed by atoms with Crippen LogP contribution in [0.2, 0.25) is 0 Å². The molecule has 0 aromatic carbocycles. The summed E-state index contributed by atoms with van der Waals surface area (Å²) in [6.45, 7) is 43.7. The smallest absolute Gasteiger partial charge is 0.312 e. The molecule has 504 valence electrons. The van der Waals surface area contributed by atoms with Gasteiger partial charge in [0.25, 0.3) is 0 Å². The molecule has 10 heteroatoms. The highest BCUT2D eigenvalue weighted by molar-refractivity contribution is 5.78. The highest BCUT2D eigenvalue weighted by Gasteiger charge is 2.42. The summed E-state index contributed by atoms with van der Waals surface area (Å²) in [5.74, 6) is -0.219. The van der Waals surface area contributed by atoms with Gasteiger partial charge in [0.05, 0.1) is 27.1 Å². The first-order valence-electron chi connectivity index (χ1n) is 29.1. The van der Waals surface area contributed by atoms with Crippen LogP contribution in [0.15, 0.2) is 0 Å². The van der Waals surface area contributed by atoms with E-state index in [1.807, 2.05) is 125 Å². The highest BCUT2D eigenvalue weighted by atomic mass is 16.6. The zero-order valence-corrected chi connectivity index (χ0v) is 51.3. The third-order valence-electron chi connectivity index (χ3n) is 17.0. The second-order valence-electron chi connectivity index (χ2n) is 26.8. The number of hydrogen-bond donors (Lipinski definition) is 0. The van der Waals surface area contributed by atoms with Crippen LogP contribution in [0.4, 0.5) is 0 Å². The molecule has 0 N–H and O–H groups in total. The average Bonchev–Trinajstić information content (AvgIpc) is 3.98. The number of esters is 5. The fraction of sp³-hybridized carbons (Fsp3) is 0.931. The predicted molar refractivity (Wildman–Crippen MR) is 364 cm³/mol. The van der Waals surface area contributed by atoms with Crippen LogP contribution < -0.4 is 0 Å². The third kappa shape index (κ3) is 36.4. The molecule has 4 saturated carbocycles. The van der Waals surface area contributed by atoms with Crippen molar-refractivity contribution in [2.75, 3.05) is 0 Å². The molecule has 82 heavy (non-hydrogen) atoms. The third-order valence-corrected chi connectivity index (χ3v) is 17.0. The van der Waals surface area contributed by atoms with Crippen LogP contribution in [0, 0.1) is 27.1 Å². The number of rotatable bonds is 16. The van der Waals surface area contributed by atoms with Gasteiger partial charge in [-0.2, -0.15) is 0 Å². The van der Waals surface area contributed by atoms with Crippen LogP contribution in [0.25, 0.3) is 0 Å². The van der Waals surface area contributed by atoms with E-state index in [1.165, 1.54) is 64.2 Å². The Bertz CT molecular complexity index is 1620. The van der Waals surface area contributed by atoms with E-state index in [-0.39, 0.29) is 159 Å². The second-order valence-corrected chi connectivity index (χ2v) is 26.8. The maximum atomic E-state index is 12.1. The van der Waals surface area contributed by atoms with Gasteiger partial charge in [0.15, 0.2) is 0 Å². The first kappa shape index (κ1) is 104. The minimum absolute atomic E-state index is 0. The van der Waals surface area contributed by atoms with Gasteiger partial charge in [0.1, 0.15) is 28.0 Å². The molecule has 0 unspecified atom stereocenters. The van der Waals surface area contributed by atoms with Gasteiger partial charge in [-0.3, -0.25) is 24.0 Å². The normalized spacial score (nSPS) is 17.0. The fourth-order valence-electron chi connectivity index (χ4n) is 8.43. The average molecular weight is 1180 g/mol. The lowest BCUT2D eigenvalue weighted by Gasteiger charge is -2.38. The first-order chi connectivity index (χ1) is 32.9. The fourth-order valence-corrected chi connectivity index (χ4v) is 8.43. The van der Waals surface area contributed by atoms with E-state index in [4.69, 9.17) is 23.7 Å². The molecule has 0 heterocycles. The highest BCUT2D eigenvalue weighted by Crippen LogP contribution is 2.40. The van der Waals surface area contributed by atoms with E-state index < -0.39 is 0 Å². The Labute approximate surface area is 517 Å². The maximum absolute atomic E-state index is 12.1. The Hall–Kier alpha value is -2.65. The molecule has 0 spiro atoms. The molecule has 0 amide bonds. The van der Waals surface area contributed by atoms with E-state index in [9.17, 15) is 24.0 Å². The minimum atomic E-state index is -0.372. The van der Waals surface area contributed by atoms with E-state index in [2.05, 4.69) is 27.7 Å². The molecule has 0 aromatic heterocycles. The number of carbonyl (C=O) groups excluding carboxylic acids is 5. The standard InChI is InChI=1S/C14H26O2.2C13H24O2.C12H22O2.C10H20O2.10CH4/c1-5-13(3,4)12(15)16-14(6-2)10-8-7-9-11-14;1-5-12(2,3)11(14)15-13(4)9-7-6-8-10-13;1-5-12(3,4)11(14)15-13(6-2)9-7-8-10-13;1-5-11(2,3)10(13)14-12(4)8-6-7-9-12;1-7-10(5,6)8(11)12-9(2,3)4;;;;;;;;;;/h5-11H2,1-4H3;2*5-10H2,1-4H3;5-9H2,1-4H3;7H2,1-6H3;10*1H4. The SMILES string of the molecule is C.C.C.C.C.C.C.C.C.C.CCC(C)(C)C(=O)OC(C)(C)C.CCC(C)(C)C(=O)OC1(C)CCCC1.CCC(C)(C)C(=O)OC1(C)CCCCC1.CCC1(OC(=O)C(C)(C)CC)CCCC1.CCC1(OC(=O)C(C)(C)CC)CCCCC1. The maximum Gasteiger partial charge on any atom is 0.312 e. The molecule has 4 aliphatic carbocycles. The Morgan fingerprint density at radius 3 is 0.683 bits per heavy atom. The zero-order chi connectivity index (χ0) is 56.1. The second kappa shape index (κ2) is 44.7. The van der Waals surface area contributed by atoms with Gasteiger partial charge in [0.2, 0.25) is 0 Å². The molecular formula is C72H156O10. The molecule has 0 bridgehead atoms. The minimum Gasteiger partial charge on any atom is -0.460 e. The van der Waals surface area contributed by atoms with Gasteiger partial charge in [-0.05, 0) is 252 Å². The van der Waals surface area contributed by atoms with Gasteiger partial charge in [-0.1, -0.05) is 136 Å². The van der Waals surface area contributed by atoms with Crippen molar-refractivity contribution >= 4 is 29.8 Å². The number of ether oxygens (including phenoxy) is 5. The van der Waals surface area contributed by atoms with E-state index in [0.717, 1.165) is 96.3 Å². The molecule has 0 aliphatic heterocycles. The lowest BCUT2D eigenvalue weighted by atomic mass is 9.82. The largest absolute Gasteiger partial charge is 0.460 e. The molecule has 0 aromatic rings. The van der Waals surface area contributed by atoms with E-state index in [1.54, 1.807) is 0 Å². The van der Waals surface area contributed by atoms with E-state index in [0.29, 0.717) is 0 Å². The summed E-state index contributed by atoms with van der Waals surface area (Å²) in [7, 11) is 0. The van der Waals surface area contributed by atoms with Crippen molar-refractivity contribution in [3.63, 3.8) is 0 Å². The van der Waals surface area contributed by atoms with Crippen molar-refractivity contribution in [3.05, 3.63) is 0 Å². The predicted octanol–water partition coefficient (Wildman–Crippen LogP) is 23.9. The summed E-state index contributed by atoms with van der Waals surface area (Å²) in [5, 5.41) is 0. The van der Waals surface area contributed by atoms with Crippen molar-refractivity contribution in [1.29, 1.82) is 0 Å². The Morgan fingerprint density at radius 2 is 0.476 bits per heavy atom. The Kier molecular flexibility index (Phi) is 56.9. The van der Waals surface area contributed by atoms with Crippen LogP contribution in [0.5, 0.6) is 0 Å². The molecule has 0 radical (unpaired) electrons. The Morgan fingerprint density at radius 1 is 0.293 bits per heavy atom. The topological polar surface area (TPSA) is 132 Å². The lowest BCUT2D eigenvalue weighted by molar-refractivity contribution is -0.175. The van der Waals surface area contributed by atoms with Crippen molar-refractivity contribution in [1.82, 2.24) is 0 Å². The number of hydrogen-bond acceptors (Lipinski definition) is 10. The van der Waals surface area contributed by atoms with Gasteiger partial charge < -0.3 is 23.7 Å². The molecule has 0 saturated heterocycles. The summed E-state index contributed by atoms with van der Waals surface area (Å²) in [6, 6.07) is 0. The summed E-state index contributed by atoms with van der Waals surface area (Å²) < 4.78 is 28.2. The Balaban J connectivity index is -0.0000000831. The van der Waals surface area contributed by atoms with Crippen LogP contribution in [0.3, 0.4) is 0 Å².